The second-order valence-corrected chi connectivity index (χ2v) is 10.3. The SMILES string of the molecule is O=C(NC(Cc1ccccc1)C(=O)NC1CC1)c1cccc(S(=O)(=O)NC2CCCC2)c1. The maximum Gasteiger partial charge on any atom is 0.251 e. The molecule has 0 heterocycles. The van der Waals surface area contributed by atoms with E-state index in [1.54, 1.807) is 12.1 Å². The lowest BCUT2D eigenvalue weighted by atomic mass is 10.0. The average molecular weight is 456 g/mol. The van der Waals surface area contributed by atoms with Crippen LogP contribution in [-0.2, 0) is 21.2 Å². The molecule has 2 aromatic carbocycles. The summed E-state index contributed by atoms with van der Waals surface area (Å²) in [5, 5.41) is 5.75. The van der Waals surface area contributed by atoms with Crippen molar-refractivity contribution in [2.24, 2.45) is 0 Å². The van der Waals surface area contributed by atoms with Gasteiger partial charge in [0.1, 0.15) is 6.04 Å². The summed E-state index contributed by atoms with van der Waals surface area (Å²) < 4.78 is 28.2. The largest absolute Gasteiger partial charge is 0.352 e. The number of amides is 2. The van der Waals surface area contributed by atoms with Crippen LogP contribution in [0, 0.1) is 0 Å². The fraction of sp³-hybridized carbons (Fsp3) is 0.417. The molecule has 0 saturated heterocycles. The Balaban J connectivity index is 1.48. The van der Waals surface area contributed by atoms with E-state index in [1.165, 1.54) is 12.1 Å². The van der Waals surface area contributed by atoms with Gasteiger partial charge < -0.3 is 10.6 Å². The highest BCUT2D eigenvalue weighted by Gasteiger charge is 2.29. The van der Waals surface area contributed by atoms with Crippen LogP contribution in [0.15, 0.2) is 59.5 Å². The van der Waals surface area contributed by atoms with Crippen LogP contribution in [0.3, 0.4) is 0 Å². The van der Waals surface area contributed by atoms with Crippen LogP contribution in [0.25, 0.3) is 0 Å². The summed E-state index contributed by atoms with van der Waals surface area (Å²) in [4.78, 5) is 25.8. The maximum absolute atomic E-state index is 13.0. The van der Waals surface area contributed by atoms with Crippen molar-refractivity contribution in [3.63, 3.8) is 0 Å². The van der Waals surface area contributed by atoms with Gasteiger partial charge in [0.25, 0.3) is 5.91 Å². The highest BCUT2D eigenvalue weighted by Crippen LogP contribution is 2.21. The van der Waals surface area contributed by atoms with E-state index >= 15 is 0 Å². The van der Waals surface area contributed by atoms with Crippen LogP contribution in [0.2, 0.25) is 0 Å². The molecule has 0 bridgehead atoms. The molecule has 32 heavy (non-hydrogen) atoms. The summed E-state index contributed by atoms with van der Waals surface area (Å²) in [5.41, 5.74) is 1.14. The molecule has 2 aliphatic rings. The van der Waals surface area contributed by atoms with Gasteiger partial charge in [-0.2, -0.15) is 0 Å². The Bertz CT molecular complexity index is 1060. The minimum Gasteiger partial charge on any atom is -0.352 e. The highest BCUT2D eigenvalue weighted by molar-refractivity contribution is 7.89. The predicted octanol–water partition coefficient (Wildman–Crippen LogP) is 2.53. The number of hydrogen-bond acceptors (Lipinski definition) is 4. The van der Waals surface area contributed by atoms with Crippen LogP contribution < -0.4 is 15.4 Å². The molecule has 7 nitrogen and oxygen atoms in total. The van der Waals surface area contributed by atoms with Gasteiger partial charge in [-0.25, -0.2) is 13.1 Å². The van der Waals surface area contributed by atoms with Gasteiger partial charge in [0.2, 0.25) is 15.9 Å². The molecular weight excluding hydrogens is 426 g/mol. The molecule has 2 amide bonds. The Hall–Kier alpha value is -2.71. The molecule has 1 atom stereocenters. The molecule has 1 unspecified atom stereocenters. The average Bonchev–Trinajstić information content (AvgIpc) is 3.46. The van der Waals surface area contributed by atoms with Gasteiger partial charge in [0.15, 0.2) is 0 Å². The van der Waals surface area contributed by atoms with Crippen molar-refractivity contribution in [2.75, 3.05) is 0 Å². The number of carbonyl (C=O) groups is 2. The van der Waals surface area contributed by atoms with Crippen molar-refractivity contribution in [2.45, 2.75) is 68.0 Å². The third-order valence-electron chi connectivity index (χ3n) is 5.91. The third-order valence-corrected chi connectivity index (χ3v) is 7.43. The number of benzene rings is 2. The number of rotatable bonds is 9. The summed E-state index contributed by atoms with van der Waals surface area (Å²) >= 11 is 0. The molecule has 0 spiro atoms. The summed E-state index contributed by atoms with van der Waals surface area (Å²) in [5.74, 6) is -0.703. The summed E-state index contributed by atoms with van der Waals surface area (Å²) in [6.07, 6.45) is 5.94. The zero-order chi connectivity index (χ0) is 22.6. The molecule has 2 saturated carbocycles. The smallest absolute Gasteiger partial charge is 0.251 e. The fourth-order valence-electron chi connectivity index (χ4n) is 3.97. The van der Waals surface area contributed by atoms with E-state index in [0.717, 1.165) is 44.1 Å². The summed E-state index contributed by atoms with van der Waals surface area (Å²) in [6.45, 7) is 0. The van der Waals surface area contributed by atoms with E-state index in [4.69, 9.17) is 0 Å². The normalized spacial score (nSPS) is 17.6. The van der Waals surface area contributed by atoms with Crippen LogP contribution in [0.1, 0.15) is 54.4 Å². The first-order valence-corrected chi connectivity index (χ1v) is 12.7. The van der Waals surface area contributed by atoms with Crippen molar-refractivity contribution in [3.05, 3.63) is 65.7 Å². The first-order chi connectivity index (χ1) is 15.4. The Morgan fingerprint density at radius 2 is 1.62 bits per heavy atom. The van der Waals surface area contributed by atoms with Gasteiger partial charge in [-0.15, -0.1) is 0 Å². The first-order valence-electron chi connectivity index (χ1n) is 11.2. The number of nitrogens with one attached hydrogen (secondary N) is 3. The zero-order valence-electron chi connectivity index (χ0n) is 17.9. The van der Waals surface area contributed by atoms with Crippen molar-refractivity contribution in [1.82, 2.24) is 15.4 Å². The molecule has 170 valence electrons. The second kappa shape index (κ2) is 9.83. The molecule has 8 heteroatoms. The Morgan fingerprint density at radius 3 is 2.31 bits per heavy atom. The van der Waals surface area contributed by atoms with Gasteiger partial charge in [-0.1, -0.05) is 49.2 Å². The fourth-order valence-corrected chi connectivity index (χ4v) is 5.32. The highest BCUT2D eigenvalue weighted by atomic mass is 32.2. The lowest BCUT2D eigenvalue weighted by molar-refractivity contribution is -0.123. The van der Waals surface area contributed by atoms with E-state index in [1.807, 2.05) is 30.3 Å². The molecule has 4 rings (SSSR count). The van der Waals surface area contributed by atoms with Crippen molar-refractivity contribution >= 4 is 21.8 Å². The topological polar surface area (TPSA) is 104 Å². The number of carbonyl (C=O) groups excluding carboxylic acids is 2. The quantitative estimate of drug-likeness (QED) is 0.540. The maximum atomic E-state index is 13.0. The Morgan fingerprint density at radius 1 is 0.906 bits per heavy atom. The van der Waals surface area contributed by atoms with Crippen LogP contribution >= 0.6 is 0 Å². The van der Waals surface area contributed by atoms with Gasteiger partial charge >= 0.3 is 0 Å². The molecular formula is C24H29N3O4S. The van der Waals surface area contributed by atoms with Crippen LogP contribution in [-0.4, -0.2) is 38.4 Å². The summed E-state index contributed by atoms with van der Waals surface area (Å²) in [6, 6.07) is 14.8. The van der Waals surface area contributed by atoms with E-state index < -0.39 is 22.0 Å². The standard InChI is InChI=1S/C24H29N3O4S/c28-23(18-9-6-12-21(16-18)32(30,31)27-20-10-4-5-11-20)26-22(24(29)25-19-13-14-19)15-17-7-2-1-3-8-17/h1-3,6-9,12,16,19-20,22,27H,4-5,10-11,13-15H2,(H,25,29)(H,26,28). The van der Waals surface area contributed by atoms with E-state index in [-0.39, 0.29) is 28.4 Å². The van der Waals surface area contributed by atoms with Crippen molar-refractivity contribution in [1.29, 1.82) is 0 Å². The first kappa shape index (κ1) is 22.5. The molecule has 2 aliphatic carbocycles. The molecule has 0 aliphatic heterocycles. The molecule has 3 N–H and O–H groups in total. The molecule has 0 aromatic heterocycles. The lowest BCUT2D eigenvalue weighted by Crippen LogP contribution is -2.48. The second-order valence-electron chi connectivity index (χ2n) is 8.63. The van der Waals surface area contributed by atoms with E-state index in [0.29, 0.717) is 6.42 Å². The third kappa shape index (κ3) is 5.95. The minimum absolute atomic E-state index is 0.0547. The van der Waals surface area contributed by atoms with Gasteiger partial charge in [-0.3, -0.25) is 9.59 Å². The van der Waals surface area contributed by atoms with Crippen LogP contribution in [0.4, 0.5) is 0 Å². The van der Waals surface area contributed by atoms with E-state index in [2.05, 4.69) is 15.4 Å². The predicted molar refractivity (Wildman–Crippen MR) is 122 cm³/mol. The Labute approximate surface area is 189 Å². The minimum atomic E-state index is -3.71. The molecule has 2 fully saturated rings. The number of sulfonamides is 1. The zero-order valence-corrected chi connectivity index (χ0v) is 18.7. The molecule has 2 aromatic rings. The molecule has 0 radical (unpaired) electrons. The monoisotopic (exact) mass is 455 g/mol. The van der Waals surface area contributed by atoms with Gasteiger partial charge in [-0.05, 0) is 49.4 Å². The number of hydrogen-bond donors (Lipinski definition) is 3. The summed E-state index contributed by atoms with van der Waals surface area (Å²) in [7, 11) is -3.71. The lowest BCUT2D eigenvalue weighted by Gasteiger charge is -2.19. The van der Waals surface area contributed by atoms with Crippen LogP contribution in [0.5, 0.6) is 0 Å². The van der Waals surface area contributed by atoms with Crippen molar-refractivity contribution in [3.8, 4) is 0 Å². The van der Waals surface area contributed by atoms with E-state index in [9.17, 15) is 18.0 Å². The Kier molecular flexibility index (Phi) is 6.91. The van der Waals surface area contributed by atoms with Crippen molar-refractivity contribution < 1.29 is 18.0 Å². The van der Waals surface area contributed by atoms with Gasteiger partial charge in [0, 0.05) is 24.1 Å². The van der Waals surface area contributed by atoms with Gasteiger partial charge in [0.05, 0.1) is 4.90 Å².